The lowest BCUT2D eigenvalue weighted by Crippen LogP contribution is -2.24. The fourth-order valence-corrected chi connectivity index (χ4v) is 4.52. The first-order valence-corrected chi connectivity index (χ1v) is 11.7. The van der Waals surface area contributed by atoms with Crippen LogP contribution >= 0.6 is 35.0 Å². The summed E-state index contributed by atoms with van der Waals surface area (Å²) >= 11 is 13.3. The van der Waals surface area contributed by atoms with Crippen LogP contribution in [0.1, 0.15) is 12.5 Å². The molecule has 0 aliphatic rings. The second kappa shape index (κ2) is 10.2. The summed E-state index contributed by atoms with van der Waals surface area (Å²) in [5, 5.41) is 6.02. The van der Waals surface area contributed by atoms with E-state index in [0.717, 1.165) is 11.8 Å². The molecule has 1 amide bonds. The molecule has 0 bridgehead atoms. The highest BCUT2D eigenvalue weighted by molar-refractivity contribution is 7.99. The molecule has 0 aliphatic carbocycles. The molecule has 6 nitrogen and oxygen atoms in total. The minimum atomic E-state index is -0.341. The first-order chi connectivity index (χ1) is 15.9. The molecule has 0 aliphatic heterocycles. The van der Waals surface area contributed by atoms with Gasteiger partial charge in [-0.1, -0.05) is 71.4 Å². The number of thioether (sulfide) groups is 1. The number of nitrogens with one attached hydrogen (secondary N) is 1. The van der Waals surface area contributed by atoms with Gasteiger partial charge >= 0.3 is 0 Å². The van der Waals surface area contributed by atoms with E-state index in [4.69, 9.17) is 23.2 Å². The molecule has 9 heteroatoms. The summed E-state index contributed by atoms with van der Waals surface area (Å²) < 4.78 is 1.52. The Balaban J connectivity index is 1.56. The van der Waals surface area contributed by atoms with E-state index < -0.39 is 0 Å². The number of hydrogen-bond donors (Lipinski definition) is 1. The van der Waals surface area contributed by atoms with Crippen molar-refractivity contribution in [2.24, 2.45) is 5.10 Å². The Kier molecular flexibility index (Phi) is 7.13. The SMILES string of the molecule is CC(=NNC(=O)CSc1nc2ccccc2c(=O)n1-c1ccccc1)c1ccc(Cl)cc1Cl. The number of carbonyl (C=O) groups excluding carboxylic acids is 1. The van der Waals surface area contributed by atoms with Gasteiger partial charge in [0.2, 0.25) is 0 Å². The van der Waals surface area contributed by atoms with Gasteiger partial charge in [-0.2, -0.15) is 5.10 Å². The highest BCUT2D eigenvalue weighted by Crippen LogP contribution is 2.22. The van der Waals surface area contributed by atoms with E-state index in [9.17, 15) is 9.59 Å². The molecule has 0 fully saturated rings. The lowest BCUT2D eigenvalue weighted by Gasteiger charge is -2.13. The van der Waals surface area contributed by atoms with Gasteiger partial charge in [0, 0.05) is 10.6 Å². The summed E-state index contributed by atoms with van der Waals surface area (Å²) in [5.41, 5.74) is 4.79. The number of benzene rings is 3. The van der Waals surface area contributed by atoms with Crippen molar-refractivity contribution in [1.82, 2.24) is 15.0 Å². The maximum Gasteiger partial charge on any atom is 0.266 e. The predicted octanol–water partition coefficient (Wildman–Crippen LogP) is 5.33. The Labute approximate surface area is 204 Å². The van der Waals surface area contributed by atoms with Crippen molar-refractivity contribution >= 4 is 57.5 Å². The summed E-state index contributed by atoms with van der Waals surface area (Å²) in [6.45, 7) is 1.74. The maximum absolute atomic E-state index is 13.2. The van der Waals surface area contributed by atoms with Gasteiger partial charge in [0.1, 0.15) is 0 Å². The first-order valence-electron chi connectivity index (χ1n) is 9.92. The minimum Gasteiger partial charge on any atom is -0.272 e. The predicted molar refractivity (Wildman–Crippen MR) is 135 cm³/mol. The molecule has 0 spiro atoms. The molecular weight excluding hydrogens is 479 g/mol. The molecule has 4 aromatic rings. The monoisotopic (exact) mass is 496 g/mol. The fourth-order valence-electron chi connectivity index (χ4n) is 3.17. The van der Waals surface area contributed by atoms with Crippen LogP contribution in [0.25, 0.3) is 16.6 Å². The molecule has 33 heavy (non-hydrogen) atoms. The number of fused-ring (bicyclic) bond motifs is 1. The molecule has 0 atom stereocenters. The van der Waals surface area contributed by atoms with Gasteiger partial charge in [-0.25, -0.2) is 10.4 Å². The smallest absolute Gasteiger partial charge is 0.266 e. The van der Waals surface area contributed by atoms with Gasteiger partial charge < -0.3 is 0 Å². The van der Waals surface area contributed by atoms with E-state index in [-0.39, 0.29) is 17.2 Å². The molecule has 0 unspecified atom stereocenters. The second-order valence-electron chi connectivity index (χ2n) is 7.03. The molecule has 0 saturated carbocycles. The molecule has 1 heterocycles. The van der Waals surface area contributed by atoms with E-state index in [0.29, 0.717) is 43.1 Å². The number of hydrogen-bond acceptors (Lipinski definition) is 5. The maximum atomic E-state index is 13.2. The van der Waals surface area contributed by atoms with Crippen molar-refractivity contribution < 1.29 is 4.79 Å². The third kappa shape index (κ3) is 5.27. The van der Waals surface area contributed by atoms with Gasteiger partial charge in [-0.05, 0) is 43.3 Å². The van der Waals surface area contributed by atoms with E-state index in [1.165, 1.54) is 4.57 Å². The van der Waals surface area contributed by atoms with Crippen LogP contribution in [-0.2, 0) is 4.79 Å². The van der Waals surface area contributed by atoms with Gasteiger partial charge in [-0.3, -0.25) is 14.2 Å². The van der Waals surface area contributed by atoms with Crippen LogP contribution in [0.2, 0.25) is 10.0 Å². The molecule has 0 radical (unpaired) electrons. The van der Waals surface area contributed by atoms with Crippen LogP contribution in [0.3, 0.4) is 0 Å². The van der Waals surface area contributed by atoms with E-state index in [1.807, 2.05) is 36.4 Å². The van der Waals surface area contributed by atoms with Crippen LogP contribution in [0.5, 0.6) is 0 Å². The normalized spacial score (nSPS) is 11.5. The lowest BCUT2D eigenvalue weighted by atomic mass is 10.1. The standard InChI is InChI=1S/C24H18Cl2N4O2S/c1-15(18-12-11-16(25)13-20(18)26)28-29-22(31)14-33-24-27-21-10-6-5-9-19(21)23(32)30(24)17-7-3-2-4-8-17/h2-13H,14H2,1H3,(H,29,31). The molecule has 0 saturated heterocycles. The average molecular weight is 497 g/mol. The highest BCUT2D eigenvalue weighted by atomic mass is 35.5. The van der Waals surface area contributed by atoms with Crippen molar-refractivity contribution in [3.8, 4) is 5.69 Å². The van der Waals surface area contributed by atoms with Crippen LogP contribution in [0, 0.1) is 0 Å². The van der Waals surface area contributed by atoms with Crippen LogP contribution < -0.4 is 11.0 Å². The van der Waals surface area contributed by atoms with E-state index in [2.05, 4.69) is 15.5 Å². The van der Waals surface area contributed by atoms with E-state index in [1.54, 1.807) is 43.3 Å². The Morgan fingerprint density at radius 1 is 1.06 bits per heavy atom. The Morgan fingerprint density at radius 2 is 1.79 bits per heavy atom. The largest absolute Gasteiger partial charge is 0.272 e. The quantitative estimate of drug-likeness (QED) is 0.169. The van der Waals surface area contributed by atoms with Crippen molar-refractivity contribution in [2.75, 3.05) is 5.75 Å². The number of para-hydroxylation sites is 2. The molecule has 1 aromatic heterocycles. The van der Waals surface area contributed by atoms with Gasteiger partial charge in [0.15, 0.2) is 5.16 Å². The van der Waals surface area contributed by atoms with Crippen molar-refractivity contribution in [2.45, 2.75) is 12.1 Å². The van der Waals surface area contributed by atoms with E-state index >= 15 is 0 Å². The van der Waals surface area contributed by atoms with Gasteiger partial charge in [0.05, 0.1) is 33.1 Å². The van der Waals surface area contributed by atoms with Crippen molar-refractivity contribution in [1.29, 1.82) is 0 Å². The van der Waals surface area contributed by atoms with Crippen LogP contribution in [-0.4, -0.2) is 26.9 Å². The Morgan fingerprint density at radius 3 is 2.55 bits per heavy atom. The number of rotatable bonds is 6. The summed E-state index contributed by atoms with van der Waals surface area (Å²) in [6.07, 6.45) is 0. The third-order valence-electron chi connectivity index (χ3n) is 4.76. The number of nitrogens with zero attached hydrogens (tertiary/aromatic N) is 3. The van der Waals surface area contributed by atoms with Gasteiger partial charge in [-0.15, -0.1) is 0 Å². The fraction of sp³-hybridized carbons (Fsp3) is 0.0833. The number of halogens is 2. The minimum absolute atomic E-state index is 0.0166. The lowest BCUT2D eigenvalue weighted by molar-refractivity contribution is -0.118. The van der Waals surface area contributed by atoms with Crippen molar-refractivity contribution in [3.05, 3.63) is 98.8 Å². The van der Waals surface area contributed by atoms with Crippen molar-refractivity contribution in [3.63, 3.8) is 0 Å². The second-order valence-corrected chi connectivity index (χ2v) is 8.82. The van der Waals surface area contributed by atoms with Gasteiger partial charge in [0.25, 0.3) is 11.5 Å². The molecule has 4 rings (SSSR count). The topological polar surface area (TPSA) is 76.3 Å². The summed E-state index contributed by atoms with van der Waals surface area (Å²) in [5.74, 6) is -0.325. The zero-order valence-corrected chi connectivity index (χ0v) is 19.8. The zero-order chi connectivity index (χ0) is 23.4. The Bertz CT molecular complexity index is 1420. The summed E-state index contributed by atoms with van der Waals surface area (Å²) in [6, 6.07) is 21.4. The molecule has 3 aromatic carbocycles. The molecule has 1 N–H and O–H groups in total. The molecule has 166 valence electrons. The molecular formula is C24H18Cl2N4O2S. The zero-order valence-electron chi connectivity index (χ0n) is 17.5. The van der Waals surface area contributed by atoms with Crippen LogP contribution in [0.15, 0.2) is 87.8 Å². The van der Waals surface area contributed by atoms with Crippen LogP contribution in [0.4, 0.5) is 0 Å². The number of amides is 1. The third-order valence-corrected chi connectivity index (χ3v) is 6.25. The number of aromatic nitrogens is 2. The number of hydrazone groups is 1. The number of carbonyl (C=O) groups is 1. The summed E-state index contributed by atoms with van der Waals surface area (Å²) in [4.78, 5) is 30.3. The summed E-state index contributed by atoms with van der Waals surface area (Å²) in [7, 11) is 0. The Hall–Kier alpha value is -3.13. The first kappa shape index (κ1) is 23.0. The highest BCUT2D eigenvalue weighted by Gasteiger charge is 2.15. The average Bonchev–Trinajstić information content (AvgIpc) is 2.82.